The van der Waals surface area contributed by atoms with Crippen LogP contribution in [0.1, 0.15) is 41.9 Å². The fourth-order valence-corrected chi connectivity index (χ4v) is 4.81. The van der Waals surface area contributed by atoms with Crippen LogP contribution in [0, 0.1) is 5.92 Å². The quantitative estimate of drug-likeness (QED) is 0.826. The van der Waals surface area contributed by atoms with E-state index in [0.717, 1.165) is 32.4 Å². The highest BCUT2D eigenvalue weighted by Crippen LogP contribution is 2.30. The molecule has 2 saturated heterocycles. The van der Waals surface area contributed by atoms with Gasteiger partial charge in [0.05, 0.1) is 12.5 Å². The maximum absolute atomic E-state index is 12.6. The summed E-state index contributed by atoms with van der Waals surface area (Å²) < 4.78 is 5.36. The van der Waals surface area contributed by atoms with E-state index in [1.807, 2.05) is 35.4 Å². The van der Waals surface area contributed by atoms with Gasteiger partial charge in [-0.05, 0) is 47.9 Å². The molecule has 0 saturated carbocycles. The predicted molar refractivity (Wildman–Crippen MR) is 116 cm³/mol. The number of nitrogens with zero attached hydrogens (tertiary/aromatic N) is 3. The fourth-order valence-electron chi connectivity index (χ4n) is 4.81. The second kappa shape index (κ2) is 8.67. The maximum atomic E-state index is 12.6. The highest BCUT2D eigenvalue weighted by molar-refractivity contribution is 5.88. The summed E-state index contributed by atoms with van der Waals surface area (Å²) >= 11 is 0. The molecule has 31 heavy (non-hydrogen) atoms. The molecule has 3 amide bonds. The van der Waals surface area contributed by atoms with Crippen molar-refractivity contribution >= 4 is 17.8 Å². The molecule has 1 unspecified atom stereocenters. The van der Waals surface area contributed by atoms with Crippen LogP contribution in [-0.2, 0) is 22.6 Å². The molecular formula is C24H28N4O3. The highest BCUT2D eigenvalue weighted by Gasteiger charge is 2.31. The van der Waals surface area contributed by atoms with Crippen LogP contribution < -0.4 is 5.32 Å². The number of piperidine rings is 1. The number of benzene rings is 1. The molecule has 1 aromatic carbocycles. The Kier molecular flexibility index (Phi) is 5.59. The van der Waals surface area contributed by atoms with Gasteiger partial charge in [0, 0.05) is 39.0 Å². The first-order chi connectivity index (χ1) is 15.2. The monoisotopic (exact) mass is 420 g/mol. The number of rotatable bonds is 3. The van der Waals surface area contributed by atoms with Crippen LogP contribution in [0.4, 0.5) is 10.6 Å². The van der Waals surface area contributed by atoms with Crippen LogP contribution in [-0.4, -0.2) is 53.0 Å². The minimum atomic E-state index is -0.126. The van der Waals surface area contributed by atoms with Crippen molar-refractivity contribution in [1.82, 2.24) is 14.8 Å². The van der Waals surface area contributed by atoms with Crippen molar-refractivity contribution in [3.63, 3.8) is 0 Å². The molecule has 0 spiro atoms. The SMILES string of the molecule is O=C(Nc1ccc(C2CCN(C(=O)C3CCOC3)CC2)cn1)N1Cc2ccccc2C1. The van der Waals surface area contributed by atoms with Crippen molar-refractivity contribution in [2.24, 2.45) is 5.92 Å². The fraction of sp³-hybridized carbons (Fsp3) is 0.458. The smallest absolute Gasteiger partial charge is 0.323 e. The number of aromatic nitrogens is 1. The van der Waals surface area contributed by atoms with Gasteiger partial charge in [-0.25, -0.2) is 9.78 Å². The molecule has 1 aromatic heterocycles. The molecule has 7 heteroatoms. The lowest BCUT2D eigenvalue weighted by molar-refractivity contribution is -0.136. The van der Waals surface area contributed by atoms with Crippen LogP contribution in [0.2, 0.25) is 0 Å². The van der Waals surface area contributed by atoms with E-state index >= 15 is 0 Å². The zero-order valence-corrected chi connectivity index (χ0v) is 17.6. The van der Waals surface area contributed by atoms with Crippen LogP contribution >= 0.6 is 0 Å². The molecule has 5 rings (SSSR count). The van der Waals surface area contributed by atoms with Crippen molar-refractivity contribution in [3.8, 4) is 0 Å². The molecular weight excluding hydrogens is 392 g/mol. The number of fused-ring (bicyclic) bond motifs is 1. The topological polar surface area (TPSA) is 74.8 Å². The second-order valence-corrected chi connectivity index (χ2v) is 8.69. The first-order valence-corrected chi connectivity index (χ1v) is 11.1. The van der Waals surface area contributed by atoms with Crippen molar-refractivity contribution < 1.29 is 14.3 Å². The number of hydrogen-bond donors (Lipinski definition) is 1. The maximum Gasteiger partial charge on any atom is 0.323 e. The summed E-state index contributed by atoms with van der Waals surface area (Å²) in [4.78, 5) is 33.4. The van der Waals surface area contributed by atoms with Crippen molar-refractivity contribution in [3.05, 3.63) is 59.3 Å². The molecule has 0 aliphatic carbocycles. The third kappa shape index (κ3) is 4.28. The van der Waals surface area contributed by atoms with Crippen molar-refractivity contribution in [2.45, 2.75) is 38.3 Å². The van der Waals surface area contributed by atoms with Gasteiger partial charge in [-0.2, -0.15) is 0 Å². The standard InChI is InChI=1S/C24H28N4O3/c29-23(21-9-12-31-16-21)27-10-7-17(8-11-27)18-5-6-22(25-13-18)26-24(30)28-14-19-3-1-2-4-20(19)15-28/h1-6,13,17,21H,7-12,14-16H2,(H,25,26,30). The number of likely N-dealkylation sites (tertiary alicyclic amines) is 1. The Labute approximate surface area is 182 Å². The molecule has 4 heterocycles. The number of carbonyl (C=O) groups excluding carboxylic acids is 2. The lowest BCUT2D eigenvalue weighted by atomic mass is 9.90. The third-order valence-corrected chi connectivity index (χ3v) is 6.71. The van der Waals surface area contributed by atoms with Crippen LogP contribution in [0.25, 0.3) is 0 Å². The van der Waals surface area contributed by atoms with Crippen LogP contribution in [0.15, 0.2) is 42.6 Å². The Balaban J connectivity index is 1.13. The van der Waals surface area contributed by atoms with E-state index in [1.54, 1.807) is 4.90 Å². The minimum absolute atomic E-state index is 0.0458. The summed E-state index contributed by atoms with van der Waals surface area (Å²) in [6.45, 7) is 4.10. The molecule has 3 aliphatic heterocycles. The molecule has 1 N–H and O–H groups in total. The molecule has 2 fully saturated rings. The molecule has 3 aliphatic rings. The van der Waals surface area contributed by atoms with Gasteiger partial charge >= 0.3 is 6.03 Å². The number of ether oxygens (including phenoxy) is 1. The minimum Gasteiger partial charge on any atom is -0.381 e. The summed E-state index contributed by atoms with van der Waals surface area (Å²) in [5.74, 6) is 1.26. The number of urea groups is 1. The van der Waals surface area contributed by atoms with E-state index in [1.165, 1.54) is 16.7 Å². The lowest BCUT2D eigenvalue weighted by Gasteiger charge is -2.33. The van der Waals surface area contributed by atoms with Gasteiger partial charge in [-0.1, -0.05) is 30.3 Å². The molecule has 2 aromatic rings. The number of pyridine rings is 1. The van der Waals surface area contributed by atoms with Gasteiger partial charge in [0.2, 0.25) is 5.91 Å². The Morgan fingerprint density at radius 3 is 2.32 bits per heavy atom. The first kappa shape index (κ1) is 20.0. The highest BCUT2D eigenvalue weighted by atomic mass is 16.5. The van der Waals surface area contributed by atoms with Crippen LogP contribution in [0.3, 0.4) is 0 Å². The zero-order valence-electron chi connectivity index (χ0n) is 17.6. The van der Waals surface area contributed by atoms with Gasteiger partial charge in [0.1, 0.15) is 5.82 Å². The summed E-state index contributed by atoms with van der Waals surface area (Å²) in [5, 5.41) is 2.91. The summed E-state index contributed by atoms with van der Waals surface area (Å²) in [6.07, 6.45) is 4.60. The molecule has 7 nitrogen and oxygen atoms in total. The largest absolute Gasteiger partial charge is 0.381 e. The van der Waals surface area contributed by atoms with Gasteiger partial charge in [0.25, 0.3) is 0 Å². The molecule has 0 bridgehead atoms. The average Bonchev–Trinajstić information content (AvgIpc) is 3.49. The van der Waals surface area contributed by atoms with Gasteiger partial charge in [-0.3, -0.25) is 10.1 Å². The normalized spacial score (nSPS) is 21.2. The number of carbonyl (C=O) groups is 2. The first-order valence-electron chi connectivity index (χ1n) is 11.1. The predicted octanol–water partition coefficient (Wildman–Crippen LogP) is 3.37. The number of nitrogens with one attached hydrogen (secondary N) is 1. The van der Waals surface area contributed by atoms with Crippen molar-refractivity contribution in [1.29, 1.82) is 0 Å². The molecule has 1 atom stereocenters. The van der Waals surface area contributed by atoms with Crippen molar-refractivity contribution in [2.75, 3.05) is 31.6 Å². The summed E-state index contributed by atoms with van der Waals surface area (Å²) in [5.41, 5.74) is 3.57. The van der Waals surface area contributed by atoms with E-state index in [0.29, 0.717) is 38.0 Å². The molecule has 162 valence electrons. The van der Waals surface area contributed by atoms with E-state index in [4.69, 9.17) is 4.74 Å². The Hall–Kier alpha value is -2.93. The number of anilines is 1. The summed E-state index contributed by atoms with van der Waals surface area (Å²) in [7, 11) is 0. The number of amides is 3. The van der Waals surface area contributed by atoms with E-state index in [9.17, 15) is 9.59 Å². The lowest BCUT2D eigenvalue weighted by Crippen LogP contribution is -2.41. The molecule has 0 radical (unpaired) electrons. The Morgan fingerprint density at radius 1 is 0.968 bits per heavy atom. The zero-order chi connectivity index (χ0) is 21.2. The van der Waals surface area contributed by atoms with E-state index in [-0.39, 0.29) is 17.9 Å². The third-order valence-electron chi connectivity index (χ3n) is 6.71. The van der Waals surface area contributed by atoms with E-state index < -0.39 is 0 Å². The van der Waals surface area contributed by atoms with Crippen LogP contribution in [0.5, 0.6) is 0 Å². The Morgan fingerprint density at radius 2 is 1.71 bits per heavy atom. The second-order valence-electron chi connectivity index (χ2n) is 8.69. The summed E-state index contributed by atoms with van der Waals surface area (Å²) in [6, 6.07) is 11.9. The van der Waals surface area contributed by atoms with Gasteiger partial charge in [0.15, 0.2) is 0 Å². The average molecular weight is 421 g/mol. The Bertz CT molecular complexity index is 923. The van der Waals surface area contributed by atoms with Gasteiger partial charge < -0.3 is 14.5 Å². The van der Waals surface area contributed by atoms with Gasteiger partial charge in [-0.15, -0.1) is 0 Å². The number of hydrogen-bond acceptors (Lipinski definition) is 4. The van der Waals surface area contributed by atoms with E-state index in [2.05, 4.69) is 22.4 Å².